The normalized spacial score (nSPS) is 11.5. The van der Waals surface area contributed by atoms with Crippen LogP contribution in [-0.2, 0) is 0 Å². The zero-order valence-electron chi connectivity index (χ0n) is 41.6. The largest absolute Gasteiger partial charge is 0.453 e. The van der Waals surface area contributed by atoms with E-state index >= 15 is 0 Å². The first-order valence-electron chi connectivity index (χ1n) is 24.9. The zero-order valence-corrected chi connectivity index (χ0v) is 41.6. The van der Waals surface area contributed by atoms with E-state index < -0.39 is 0 Å². The van der Waals surface area contributed by atoms with Gasteiger partial charge in [0.1, 0.15) is 11.4 Å². The van der Waals surface area contributed by atoms with E-state index in [-0.39, 0.29) is 0 Å². The summed E-state index contributed by atoms with van der Waals surface area (Å²) >= 11 is 0. The first-order valence-corrected chi connectivity index (χ1v) is 24.9. The number of aromatic nitrogens is 2. The van der Waals surface area contributed by atoms with Gasteiger partial charge in [-0.05, 0) is 126 Å². The molecule has 0 unspecified atom stereocenters. The van der Waals surface area contributed by atoms with Crippen LogP contribution in [0.15, 0.2) is 265 Å². The fourth-order valence-electron chi connectivity index (χ4n) is 10.1. The summed E-state index contributed by atoms with van der Waals surface area (Å²) in [7, 11) is 0. The molecule has 4 heteroatoms. The van der Waals surface area contributed by atoms with Gasteiger partial charge < -0.3 is 8.98 Å². The molecule has 13 rings (SSSR count). The highest BCUT2D eigenvalue weighted by atomic mass is 16.3. The van der Waals surface area contributed by atoms with E-state index in [1.54, 1.807) is 0 Å². The van der Waals surface area contributed by atoms with E-state index in [1.165, 1.54) is 59.9 Å². The Morgan fingerprint density at radius 1 is 0.521 bits per heavy atom. The van der Waals surface area contributed by atoms with E-state index in [0.29, 0.717) is 0 Å². The standard InChI is InChI=1S/C50H33N3O.C11H10.C8H12/c1-32-28-43-42-19-11-18-39(36-24-26-41-40-17-6-7-20-45(40)53(46(41)31-36)44-21-10-15-34-13-4-5-16-38(34)44)49(42)54-50(43)47(29-32)52(48-22-8-9-27-51-48)37-25-23-33-12-2-3-14-35(33)30-37;1-9-5-4-7-10-6-2-3-8-11(9)10;1-4-5-6-7-8(2)3/h2-31H,1H3;2-8H,1H3;4-7H,2H2,1,3H3/b;;5-4-,7-6-. The summed E-state index contributed by atoms with van der Waals surface area (Å²) in [6, 6.07) is 77.7. The monoisotopic (exact) mass is 941 g/mol. The van der Waals surface area contributed by atoms with Crippen molar-refractivity contribution >= 4 is 93.3 Å². The predicted molar refractivity (Wildman–Crippen MR) is 313 cm³/mol. The van der Waals surface area contributed by atoms with Crippen LogP contribution in [0.5, 0.6) is 0 Å². The molecular weight excluding hydrogens is 887 g/mol. The van der Waals surface area contributed by atoms with Gasteiger partial charge in [0.05, 0.1) is 22.4 Å². The molecule has 10 aromatic carbocycles. The average molecular weight is 942 g/mol. The molecule has 0 aliphatic heterocycles. The lowest BCUT2D eigenvalue weighted by Crippen LogP contribution is -2.12. The van der Waals surface area contributed by atoms with Gasteiger partial charge in [-0.25, -0.2) is 4.98 Å². The number of pyridine rings is 1. The number of benzene rings is 10. The Bertz CT molecular complexity index is 4220. The van der Waals surface area contributed by atoms with Crippen molar-refractivity contribution in [3.63, 3.8) is 0 Å². The molecule has 3 aromatic heterocycles. The Labute approximate surface area is 426 Å². The second-order valence-electron chi connectivity index (χ2n) is 18.6. The summed E-state index contributed by atoms with van der Waals surface area (Å²) in [4.78, 5) is 7.07. The summed E-state index contributed by atoms with van der Waals surface area (Å²) in [6.45, 7) is 12.0. The highest BCUT2D eigenvalue weighted by Gasteiger charge is 2.23. The van der Waals surface area contributed by atoms with Crippen molar-refractivity contribution in [2.45, 2.75) is 27.7 Å². The molecule has 0 fully saturated rings. The van der Waals surface area contributed by atoms with Crippen molar-refractivity contribution in [3.8, 4) is 16.8 Å². The van der Waals surface area contributed by atoms with E-state index in [2.05, 4.69) is 236 Å². The Balaban J connectivity index is 0.000000254. The van der Waals surface area contributed by atoms with E-state index in [1.807, 2.05) is 56.5 Å². The lowest BCUT2D eigenvalue weighted by molar-refractivity contribution is 0.670. The molecule has 0 saturated carbocycles. The minimum Gasteiger partial charge on any atom is -0.453 e. The van der Waals surface area contributed by atoms with Gasteiger partial charge in [0.15, 0.2) is 5.58 Å². The number of allylic oxidation sites excluding steroid dienone is 5. The third-order valence-electron chi connectivity index (χ3n) is 13.5. The third-order valence-corrected chi connectivity index (χ3v) is 13.5. The first kappa shape index (κ1) is 46.2. The number of hydrogen-bond acceptors (Lipinski definition) is 3. The molecular formula is C69H55N3O. The van der Waals surface area contributed by atoms with Crippen LogP contribution in [0.25, 0.3) is 92.9 Å². The minimum atomic E-state index is 0.826. The maximum atomic E-state index is 7.10. The Kier molecular flexibility index (Phi) is 12.8. The number of para-hydroxylation sites is 2. The van der Waals surface area contributed by atoms with Crippen molar-refractivity contribution in [3.05, 3.63) is 272 Å². The van der Waals surface area contributed by atoms with Gasteiger partial charge in [0, 0.05) is 44.4 Å². The lowest BCUT2D eigenvalue weighted by Gasteiger charge is -2.25. The molecule has 0 aliphatic rings. The summed E-state index contributed by atoms with van der Waals surface area (Å²) in [5.41, 5.74) is 12.9. The summed E-state index contributed by atoms with van der Waals surface area (Å²) in [5.74, 6) is 0.826. The van der Waals surface area contributed by atoms with E-state index in [9.17, 15) is 0 Å². The Morgan fingerprint density at radius 3 is 1.95 bits per heavy atom. The van der Waals surface area contributed by atoms with Gasteiger partial charge in [-0.1, -0.05) is 200 Å². The molecule has 3 heterocycles. The number of nitrogens with zero attached hydrogens (tertiary/aromatic N) is 3. The molecule has 0 radical (unpaired) electrons. The summed E-state index contributed by atoms with van der Waals surface area (Å²) in [6.07, 6.45) is 9.76. The third kappa shape index (κ3) is 9.07. The fourth-order valence-corrected chi connectivity index (χ4v) is 10.1. The van der Waals surface area contributed by atoms with E-state index in [4.69, 9.17) is 9.40 Å². The quantitative estimate of drug-likeness (QED) is 0.149. The van der Waals surface area contributed by atoms with Crippen LogP contribution >= 0.6 is 0 Å². The maximum Gasteiger partial charge on any atom is 0.159 e. The molecule has 0 amide bonds. The first-order chi connectivity index (χ1) is 35.8. The highest BCUT2D eigenvalue weighted by molar-refractivity contribution is 6.16. The molecule has 0 spiro atoms. The van der Waals surface area contributed by atoms with Crippen molar-refractivity contribution in [1.82, 2.24) is 9.55 Å². The number of rotatable bonds is 7. The van der Waals surface area contributed by atoms with Crippen LogP contribution in [0.1, 0.15) is 25.0 Å². The van der Waals surface area contributed by atoms with Gasteiger partial charge in [-0.15, -0.1) is 0 Å². The molecule has 4 nitrogen and oxygen atoms in total. The van der Waals surface area contributed by atoms with E-state index in [0.717, 1.165) is 66.9 Å². The molecule has 0 aliphatic carbocycles. The van der Waals surface area contributed by atoms with Gasteiger partial charge in [-0.2, -0.15) is 0 Å². The van der Waals surface area contributed by atoms with Crippen molar-refractivity contribution in [2.75, 3.05) is 4.90 Å². The Morgan fingerprint density at radius 2 is 1.18 bits per heavy atom. The smallest absolute Gasteiger partial charge is 0.159 e. The second-order valence-corrected chi connectivity index (χ2v) is 18.6. The van der Waals surface area contributed by atoms with Gasteiger partial charge in [-0.3, -0.25) is 4.90 Å². The Hall–Kier alpha value is -9.25. The van der Waals surface area contributed by atoms with Crippen LogP contribution in [0.2, 0.25) is 0 Å². The number of hydrogen-bond donors (Lipinski definition) is 0. The fraction of sp³-hybridized carbons (Fsp3) is 0.0580. The molecule has 0 atom stereocenters. The van der Waals surface area contributed by atoms with Crippen molar-refractivity contribution < 1.29 is 4.42 Å². The lowest BCUT2D eigenvalue weighted by atomic mass is 10.00. The topological polar surface area (TPSA) is 34.2 Å². The number of anilines is 3. The van der Waals surface area contributed by atoms with Crippen LogP contribution in [0.4, 0.5) is 17.2 Å². The number of aryl methyl sites for hydroxylation is 2. The molecule has 73 heavy (non-hydrogen) atoms. The minimum absolute atomic E-state index is 0.826. The van der Waals surface area contributed by atoms with Crippen molar-refractivity contribution in [1.29, 1.82) is 0 Å². The number of furan rings is 1. The molecule has 0 bridgehead atoms. The van der Waals surface area contributed by atoms with Crippen LogP contribution < -0.4 is 4.90 Å². The number of fused-ring (bicyclic) bond motifs is 9. The van der Waals surface area contributed by atoms with Gasteiger partial charge in [0.25, 0.3) is 0 Å². The molecule has 0 N–H and O–H groups in total. The van der Waals surface area contributed by atoms with Gasteiger partial charge in [0.2, 0.25) is 0 Å². The zero-order chi connectivity index (χ0) is 49.8. The predicted octanol–water partition coefficient (Wildman–Crippen LogP) is 19.7. The van der Waals surface area contributed by atoms with Crippen LogP contribution in [-0.4, -0.2) is 9.55 Å². The molecule has 352 valence electrons. The molecule has 0 saturated heterocycles. The van der Waals surface area contributed by atoms with Gasteiger partial charge >= 0.3 is 0 Å². The SMILES string of the molecule is C=C(C)/C=C\C=C/C.Cc1cc(N(c2ccc3ccccc3c2)c2ccccn2)c2oc3c(-c4ccc5c6ccccc6n(-c6cccc7ccccc67)c5c4)cccc3c2c1.Cc1cccc2ccccc12. The van der Waals surface area contributed by atoms with Crippen LogP contribution in [0.3, 0.4) is 0 Å². The van der Waals surface area contributed by atoms with Crippen molar-refractivity contribution in [2.24, 2.45) is 0 Å². The summed E-state index contributed by atoms with van der Waals surface area (Å²) in [5, 5.41) is 12.1. The molecule has 13 aromatic rings. The van der Waals surface area contributed by atoms with Crippen LogP contribution in [0, 0.1) is 13.8 Å². The summed E-state index contributed by atoms with van der Waals surface area (Å²) < 4.78 is 9.52. The second kappa shape index (κ2) is 20.2. The highest BCUT2D eigenvalue weighted by Crippen LogP contribution is 2.45. The maximum absolute atomic E-state index is 7.10. The average Bonchev–Trinajstić information content (AvgIpc) is 3.97.